The average molecular weight is 242 g/mol. The van der Waals surface area contributed by atoms with E-state index in [0.29, 0.717) is 13.1 Å². The average Bonchev–Trinajstić information content (AvgIpc) is 2.30. The summed E-state index contributed by atoms with van der Waals surface area (Å²) in [6.07, 6.45) is 4.49. The topological polar surface area (TPSA) is 89.2 Å². The van der Waals surface area contributed by atoms with Crippen molar-refractivity contribution in [1.82, 2.24) is 14.3 Å². The summed E-state index contributed by atoms with van der Waals surface area (Å²) in [5, 5.41) is -0.149. The molecule has 1 aliphatic rings. The van der Waals surface area contributed by atoms with E-state index in [0.717, 1.165) is 12.8 Å². The molecule has 2 rings (SSSR count). The summed E-state index contributed by atoms with van der Waals surface area (Å²) < 4.78 is 25.5. The zero-order chi connectivity index (χ0) is 11.6. The van der Waals surface area contributed by atoms with Crippen LogP contribution in [0.2, 0.25) is 0 Å². The fourth-order valence-electron chi connectivity index (χ4n) is 1.73. The summed E-state index contributed by atoms with van der Waals surface area (Å²) in [4.78, 5) is 7.54. The number of sulfonamides is 1. The van der Waals surface area contributed by atoms with Crippen LogP contribution in [0, 0.1) is 0 Å². The highest BCUT2D eigenvalue weighted by atomic mass is 32.2. The van der Waals surface area contributed by atoms with Crippen molar-refractivity contribution >= 4 is 10.0 Å². The molecule has 0 aliphatic carbocycles. The highest BCUT2D eigenvalue weighted by Gasteiger charge is 2.30. The summed E-state index contributed by atoms with van der Waals surface area (Å²) in [6.45, 7) is 0.842. The Morgan fingerprint density at radius 3 is 2.69 bits per heavy atom. The molecule has 1 saturated heterocycles. The van der Waals surface area contributed by atoms with E-state index in [1.165, 1.54) is 16.7 Å². The van der Waals surface area contributed by atoms with Crippen LogP contribution in [0.3, 0.4) is 0 Å². The van der Waals surface area contributed by atoms with Gasteiger partial charge in [-0.2, -0.15) is 4.31 Å². The van der Waals surface area contributed by atoms with E-state index in [9.17, 15) is 8.42 Å². The van der Waals surface area contributed by atoms with Crippen molar-refractivity contribution in [2.24, 2.45) is 5.73 Å². The second kappa shape index (κ2) is 4.44. The molecule has 7 heteroatoms. The standard InChI is InChI=1S/C9H14N4O2S/c10-8-3-1-6-13(7-8)16(14,15)9-11-4-2-5-12-9/h2,4-5,8H,1,3,6-7,10H2/t8-/m0/s1. The Kier molecular flexibility index (Phi) is 3.17. The zero-order valence-electron chi connectivity index (χ0n) is 8.78. The number of hydrogen-bond acceptors (Lipinski definition) is 5. The Morgan fingerprint density at radius 1 is 1.38 bits per heavy atom. The monoisotopic (exact) mass is 242 g/mol. The third-order valence-corrected chi connectivity index (χ3v) is 4.22. The Morgan fingerprint density at radius 2 is 2.06 bits per heavy atom. The van der Waals surface area contributed by atoms with E-state index in [-0.39, 0.29) is 11.2 Å². The van der Waals surface area contributed by atoms with Gasteiger partial charge >= 0.3 is 0 Å². The van der Waals surface area contributed by atoms with E-state index in [1.807, 2.05) is 0 Å². The van der Waals surface area contributed by atoms with Crippen molar-refractivity contribution < 1.29 is 8.42 Å². The van der Waals surface area contributed by atoms with Gasteiger partial charge in [-0.1, -0.05) is 0 Å². The molecule has 2 N–H and O–H groups in total. The maximum absolute atomic E-state index is 12.1. The summed E-state index contributed by atoms with van der Waals surface area (Å²) in [6, 6.07) is 1.49. The minimum Gasteiger partial charge on any atom is -0.327 e. The van der Waals surface area contributed by atoms with E-state index >= 15 is 0 Å². The molecule has 0 saturated carbocycles. The van der Waals surface area contributed by atoms with Crippen molar-refractivity contribution in [3.8, 4) is 0 Å². The zero-order valence-corrected chi connectivity index (χ0v) is 9.60. The molecular weight excluding hydrogens is 228 g/mol. The third-order valence-electron chi connectivity index (χ3n) is 2.53. The van der Waals surface area contributed by atoms with Crippen LogP contribution in [0.5, 0.6) is 0 Å². The number of rotatable bonds is 2. The summed E-state index contributed by atoms with van der Waals surface area (Å²) in [5.74, 6) is 0. The van der Waals surface area contributed by atoms with Crippen molar-refractivity contribution in [2.75, 3.05) is 13.1 Å². The Hall–Kier alpha value is -1.05. The highest BCUT2D eigenvalue weighted by Crippen LogP contribution is 2.16. The van der Waals surface area contributed by atoms with E-state index < -0.39 is 10.0 Å². The van der Waals surface area contributed by atoms with Crippen LogP contribution >= 0.6 is 0 Å². The maximum atomic E-state index is 12.1. The van der Waals surface area contributed by atoms with Crippen molar-refractivity contribution in [2.45, 2.75) is 24.0 Å². The SMILES string of the molecule is N[C@H]1CCCN(S(=O)(=O)c2ncccn2)C1. The smallest absolute Gasteiger partial charge is 0.278 e. The third kappa shape index (κ3) is 2.21. The molecule has 88 valence electrons. The summed E-state index contributed by atoms with van der Waals surface area (Å²) in [5.41, 5.74) is 5.75. The van der Waals surface area contributed by atoms with E-state index in [4.69, 9.17) is 5.73 Å². The van der Waals surface area contributed by atoms with Crippen molar-refractivity contribution in [3.05, 3.63) is 18.5 Å². The first kappa shape index (κ1) is 11.4. The quantitative estimate of drug-likeness (QED) is 0.712. The van der Waals surface area contributed by atoms with Crippen LogP contribution in [-0.4, -0.2) is 41.8 Å². The minimum atomic E-state index is -3.56. The molecule has 0 radical (unpaired) electrons. The molecule has 0 amide bonds. The second-order valence-electron chi connectivity index (χ2n) is 3.80. The minimum absolute atomic E-state index is 0.0905. The van der Waals surface area contributed by atoms with Crippen LogP contribution in [0.4, 0.5) is 0 Å². The van der Waals surface area contributed by atoms with Crippen LogP contribution in [0.1, 0.15) is 12.8 Å². The van der Waals surface area contributed by atoms with Crippen LogP contribution in [0.15, 0.2) is 23.6 Å². The van der Waals surface area contributed by atoms with E-state index in [2.05, 4.69) is 9.97 Å². The fourth-order valence-corrected chi connectivity index (χ4v) is 3.10. The van der Waals surface area contributed by atoms with Gasteiger partial charge in [-0.3, -0.25) is 0 Å². The summed E-state index contributed by atoms with van der Waals surface area (Å²) in [7, 11) is -3.56. The molecular formula is C9H14N4O2S. The van der Waals surface area contributed by atoms with Gasteiger partial charge in [0.25, 0.3) is 15.2 Å². The first-order chi connectivity index (χ1) is 7.60. The second-order valence-corrected chi connectivity index (χ2v) is 5.63. The molecule has 1 aliphatic heterocycles. The number of aromatic nitrogens is 2. The molecule has 0 bridgehead atoms. The lowest BCUT2D eigenvalue weighted by Crippen LogP contribution is -2.45. The summed E-state index contributed by atoms with van der Waals surface area (Å²) >= 11 is 0. The molecule has 1 fully saturated rings. The first-order valence-corrected chi connectivity index (χ1v) is 6.57. The van der Waals surface area contributed by atoms with Crippen molar-refractivity contribution in [1.29, 1.82) is 0 Å². The lowest BCUT2D eigenvalue weighted by atomic mass is 10.1. The largest absolute Gasteiger partial charge is 0.327 e. The lowest BCUT2D eigenvalue weighted by molar-refractivity contribution is 0.314. The van der Waals surface area contributed by atoms with Gasteiger partial charge in [0.05, 0.1) is 0 Å². The van der Waals surface area contributed by atoms with Gasteiger partial charge in [0.15, 0.2) is 0 Å². The molecule has 0 aromatic carbocycles. The maximum Gasteiger partial charge on any atom is 0.278 e. The lowest BCUT2D eigenvalue weighted by Gasteiger charge is -2.28. The van der Waals surface area contributed by atoms with Crippen molar-refractivity contribution in [3.63, 3.8) is 0 Å². The fraction of sp³-hybridized carbons (Fsp3) is 0.556. The van der Waals surface area contributed by atoms with Gasteiger partial charge in [0, 0.05) is 31.5 Å². The van der Waals surface area contributed by atoms with E-state index in [1.54, 1.807) is 6.07 Å². The Labute approximate surface area is 94.6 Å². The van der Waals surface area contributed by atoms with Gasteiger partial charge in [-0.25, -0.2) is 18.4 Å². The highest BCUT2D eigenvalue weighted by molar-refractivity contribution is 7.88. The number of nitrogens with zero attached hydrogens (tertiary/aromatic N) is 3. The number of nitrogens with two attached hydrogens (primary N) is 1. The van der Waals surface area contributed by atoms with Crippen LogP contribution in [0.25, 0.3) is 0 Å². The van der Waals surface area contributed by atoms with Gasteiger partial charge in [0.1, 0.15) is 0 Å². The number of hydrogen-bond donors (Lipinski definition) is 1. The first-order valence-electron chi connectivity index (χ1n) is 5.13. The Bertz CT molecular complexity index is 448. The molecule has 16 heavy (non-hydrogen) atoms. The molecule has 6 nitrogen and oxygen atoms in total. The molecule has 0 unspecified atom stereocenters. The predicted octanol–water partition coefficient (Wildman–Crippen LogP) is -0.412. The van der Waals surface area contributed by atoms with Crippen LogP contribution in [-0.2, 0) is 10.0 Å². The normalized spacial score (nSPS) is 23.2. The molecule has 2 heterocycles. The van der Waals surface area contributed by atoms with Gasteiger partial charge < -0.3 is 5.73 Å². The molecule has 1 atom stereocenters. The number of piperidine rings is 1. The molecule has 0 spiro atoms. The Balaban J connectivity index is 2.26. The van der Waals surface area contributed by atoms with Gasteiger partial charge in [0.2, 0.25) is 0 Å². The molecule has 1 aromatic heterocycles. The van der Waals surface area contributed by atoms with Gasteiger partial charge in [-0.15, -0.1) is 0 Å². The predicted molar refractivity (Wildman–Crippen MR) is 58.0 cm³/mol. The van der Waals surface area contributed by atoms with Crippen LogP contribution < -0.4 is 5.73 Å². The van der Waals surface area contributed by atoms with Gasteiger partial charge in [-0.05, 0) is 18.9 Å². The molecule has 1 aromatic rings.